The van der Waals surface area contributed by atoms with Gasteiger partial charge in [0.2, 0.25) is 0 Å². The minimum absolute atomic E-state index is 0.210. The van der Waals surface area contributed by atoms with E-state index in [9.17, 15) is 9.59 Å². The summed E-state index contributed by atoms with van der Waals surface area (Å²) in [5.74, 6) is -1.56. The van der Waals surface area contributed by atoms with Gasteiger partial charge in [0.1, 0.15) is 17.3 Å². The molecule has 0 aliphatic carbocycles. The fourth-order valence-electron chi connectivity index (χ4n) is 4.96. The van der Waals surface area contributed by atoms with E-state index in [0.29, 0.717) is 16.4 Å². The Morgan fingerprint density at radius 1 is 1.08 bits per heavy atom. The first-order chi connectivity index (χ1) is 18.3. The summed E-state index contributed by atoms with van der Waals surface area (Å²) in [4.78, 5) is 31.6. The Morgan fingerprint density at radius 2 is 1.82 bits per heavy atom. The normalized spacial score (nSPS) is 20.9. The summed E-state index contributed by atoms with van der Waals surface area (Å²) in [5, 5.41) is 9.43. The maximum Gasteiger partial charge on any atom is 0.336 e. The molecule has 3 atom stereocenters. The summed E-state index contributed by atoms with van der Waals surface area (Å²) < 4.78 is 16.3. The summed E-state index contributed by atoms with van der Waals surface area (Å²) >= 11 is 1.43. The van der Waals surface area contributed by atoms with Gasteiger partial charge in [0.05, 0.1) is 31.6 Å². The van der Waals surface area contributed by atoms with Crippen molar-refractivity contribution in [3.05, 3.63) is 76.8 Å². The van der Waals surface area contributed by atoms with Gasteiger partial charge >= 0.3 is 11.9 Å². The zero-order valence-corrected chi connectivity index (χ0v) is 23.1. The van der Waals surface area contributed by atoms with Crippen molar-refractivity contribution >= 4 is 28.4 Å². The van der Waals surface area contributed by atoms with E-state index >= 15 is 0 Å². The minimum atomic E-state index is -1.03. The molecule has 2 heterocycles. The molecule has 38 heavy (non-hydrogen) atoms. The van der Waals surface area contributed by atoms with Crippen molar-refractivity contribution in [3.63, 3.8) is 0 Å². The average molecular weight is 536 g/mol. The molecule has 2 N–H and O–H groups in total. The lowest BCUT2D eigenvalue weighted by Gasteiger charge is -2.46. The second-order valence-electron chi connectivity index (χ2n) is 9.10. The third kappa shape index (κ3) is 5.52. The first-order valence-corrected chi connectivity index (χ1v) is 13.4. The van der Waals surface area contributed by atoms with Gasteiger partial charge in [-0.1, -0.05) is 42.5 Å². The number of aromatic nitrogens is 1. The maximum atomic E-state index is 13.6. The lowest BCUT2D eigenvalue weighted by atomic mass is 9.71. The van der Waals surface area contributed by atoms with Crippen molar-refractivity contribution in [1.82, 2.24) is 10.3 Å². The summed E-state index contributed by atoms with van der Waals surface area (Å²) in [7, 11) is 1.63. The number of ether oxygens (including phenoxy) is 3. The van der Waals surface area contributed by atoms with Crippen LogP contribution in [0.1, 0.15) is 39.2 Å². The Hall–Kier alpha value is -3.85. The highest BCUT2D eigenvalue weighted by molar-refractivity contribution is 7.14. The SMILES string of the molecule is CCOC(=O)C1=C(C)NC(C)(Nc2nc(-c3cccc(OC)c3)cs2)C(C(=O)OCC)C1c1ccccc1. The lowest BCUT2D eigenvalue weighted by molar-refractivity contribution is -0.152. The fraction of sp³-hybridized carbons (Fsp3) is 0.345. The van der Waals surface area contributed by atoms with Crippen LogP contribution in [0, 0.1) is 5.92 Å². The molecule has 0 saturated heterocycles. The number of rotatable bonds is 9. The van der Waals surface area contributed by atoms with Crippen LogP contribution >= 0.6 is 11.3 Å². The number of nitrogens with zero attached hydrogens (tertiary/aromatic N) is 1. The van der Waals surface area contributed by atoms with Crippen LogP contribution in [-0.2, 0) is 19.1 Å². The van der Waals surface area contributed by atoms with E-state index < -0.39 is 29.4 Å². The maximum absolute atomic E-state index is 13.6. The Labute approximate surface area is 227 Å². The van der Waals surface area contributed by atoms with E-state index in [2.05, 4.69) is 10.6 Å². The molecule has 200 valence electrons. The highest BCUT2D eigenvalue weighted by Gasteiger charge is 2.52. The van der Waals surface area contributed by atoms with Crippen LogP contribution in [0.2, 0.25) is 0 Å². The Kier molecular flexibility index (Phi) is 8.36. The summed E-state index contributed by atoms with van der Waals surface area (Å²) in [6, 6.07) is 17.2. The molecule has 3 unspecified atom stereocenters. The summed E-state index contributed by atoms with van der Waals surface area (Å²) in [6.07, 6.45) is 0. The second kappa shape index (κ2) is 11.7. The molecule has 0 bridgehead atoms. The molecule has 2 aromatic carbocycles. The molecule has 3 aromatic rings. The number of allylic oxidation sites excluding steroid dienone is 1. The predicted octanol–water partition coefficient (Wildman–Crippen LogP) is 5.35. The molecule has 4 rings (SSSR count). The van der Waals surface area contributed by atoms with Crippen LogP contribution in [0.3, 0.4) is 0 Å². The zero-order chi connectivity index (χ0) is 27.3. The lowest BCUT2D eigenvalue weighted by Crippen LogP contribution is -2.62. The molecule has 0 spiro atoms. The van der Waals surface area contributed by atoms with Gasteiger partial charge in [0.15, 0.2) is 5.13 Å². The standard InChI is InChI=1S/C29H33N3O5S/c1-6-36-26(33)23-18(3)31-29(4,25(27(34)37-7-2)24(23)19-12-9-8-10-13-19)32-28-30-22(17-38-28)20-14-11-15-21(16-20)35-5/h8-17,24-25,31H,6-7H2,1-5H3,(H,30,32). The molecule has 8 nitrogen and oxygen atoms in total. The molecule has 0 radical (unpaired) electrons. The fourth-order valence-corrected chi connectivity index (χ4v) is 5.79. The number of hydrogen-bond acceptors (Lipinski definition) is 9. The van der Waals surface area contributed by atoms with Gasteiger partial charge in [-0.05, 0) is 45.4 Å². The average Bonchev–Trinajstić information content (AvgIpc) is 3.36. The largest absolute Gasteiger partial charge is 0.497 e. The van der Waals surface area contributed by atoms with Gasteiger partial charge in [0.25, 0.3) is 0 Å². The van der Waals surface area contributed by atoms with Crippen LogP contribution in [0.15, 0.2) is 71.2 Å². The number of carbonyl (C=O) groups is 2. The minimum Gasteiger partial charge on any atom is -0.497 e. The van der Waals surface area contributed by atoms with Crippen molar-refractivity contribution in [1.29, 1.82) is 0 Å². The van der Waals surface area contributed by atoms with Crippen LogP contribution in [0.5, 0.6) is 5.75 Å². The van der Waals surface area contributed by atoms with Crippen LogP contribution in [0.25, 0.3) is 11.3 Å². The van der Waals surface area contributed by atoms with Gasteiger partial charge in [-0.2, -0.15) is 0 Å². The second-order valence-corrected chi connectivity index (χ2v) is 9.96. The van der Waals surface area contributed by atoms with Gasteiger partial charge in [0, 0.05) is 22.6 Å². The first kappa shape index (κ1) is 27.2. The summed E-state index contributed by atoms with van der Waals surface area (Å²) in [6.45, 7) is 7.68. The Balaban J connectivity index is 1.79. The zero-order valence-electron chi connectivity index (χ0n) is 22.2. The topological polar surface area (TPSA) is 98.8 Å². The Bertz CT molecular complexity index is 1320. The molecular formula is C29H33N3O5S. The van der Waals surface area contributed by atoms with Crippen LogP contribution < -0.4 is 15.4 Å². The van der Waals surface area contributed by atoms with Crippen molar-refractivity contribution < 1.29 is 23.8 Å². The highest BCUT2D eigenvalue weighted by Crippen LogP contribution is 2.45. The van der Waals surface area contributed by atoms with E-state index in [-0.39, 0.29) is 13.2 Å². The quantitative estimate of drug-likeness (QED) is 0.354. The molecule has 1 aliphatic rings. The van der Waals surface area contributed by atoms with E-state index in [1.54, 1.807) is 21.0 Å². The van der Waals surface area contributed by atoms with Crippen molar-refractivity contribution in [2.24, 2.45) is 5.92 Å². The molecule has 1 aliphatic heterocycles. The van der Waals surface area contributed by atoms with E-state index in [1.165, 1.54) is 11.3 Å². The third-order valence-electron chi connectivity index (χ3n) is 6.55. The number of hydrogen-bond donors (Lipinski definition) is 2. The number of anilines is 1. The van der Waals surface area contributed by atoms with Gasteiger partial charge in [-0.3, -0.25) is 4.79 Å². The molecule has 0 fully saturated rings. The van der Waals surface area contributed by atoms with Crippen molar-refractivity contribution in [2.45, 2.75) is 39.3 Å². The van der Waals surface area contributed by atoms with Gasteiger partial charge in [-0.25, -0.2) is 9.78 Å². The molecule has 0 saturated carbocycles. The molecule has 0 amide bonds. The monoisotopic (exact) mass is 535 g/mol. The molecular weight excluding hydrogens is 502 g/mol. The van der Waals surface area contributed by atoms with E-state index in [1.807, 2.05) is 73.8 Å². The third-order valence-corrected chi connectivity index (χ3v) is 7.31. The number of thiazole rings is 1. The smallest absolute Gasteiger partial charge is 0.336 e. The van der Waals surface area contributed by atoms with Crippen molar-refractivity contribution in [2.75, 3.05) is 25.6 Å². The Morgan fingerprint density at radius 3 is 2.50 bits per heavy atom. The van der Waals surface area contributed by atoms with Crippen LogP contribution in [-0.4, -0.2) is 42.9 Å². The highest BCUT2D eigenvalue weighted by atomic mass is 32.1. The number of carbonyl (C=O) groups excluding carboxylic acids is 2. The predicted molar refractivity (Wildman–Crippen MR) is 148 cm³/mol. The van der Waals surface area contributed by atoms with Gasteiger partial charge in [-0.15, -0.1) is 11.3 Å². The molecule has 1 aromatic heterocycles. The number of nitrogens with one attached hydrogen (secondary N) is 2. The van der Waals surface area contributed by atoms with Crippen molar-refractivity contribution in [3.8, 4) is 17.0 Å². The molecule has 9 heteroatoms. The summed E-state index contributed by atoms with van der Waals surface area (Å²) in [5.41, 5.74) is 2.52. The van der Waals surface area contributed by atoms with E-state index in [0.717, 1.165) is 22.6 Å². The van der Waals surface area contributed by atoms with Gasteiger partial charge < -0.3 is 24.8 Å². The van der Waals surface area contributed by atoms with E-state index in [4.69, 9.17) is 19.2 Å². The number of methoxy groups -OCH3 is 1. The van der Waals surface area contributed by atoms with Crippen LogP contribution in [0.4, 0.5) is 5.13 Å². The number of benzene rings is 2. The first-order valence-electron chi connectivity index (χ1n) is 12.6. The number of esters is 2.